The highest BCUT2D eigenvalue weighted by Crippen LogP contribution is 2.33. The number of anilines is 2. The van der Waals surface area contributed by atoms with E-state index in [1.807, 2.05) is 0 Å². The highest BCUT2D eigenvalue weighted by Gasteiger charge is 2.23. The number of hydrogen-bond acceptors (Lipinski definition) is 7. The van der Waals surface area contributed by atoms with Crippen molar-refractivity contribution in [2.24, 2.45) is 0 Å². The first kappa shape index (κ1) is 19.2. The van der Waals surface area contributed by atoms with Crippen molar-refractivity contribution in [2.75, 3.05) is 5.01 Å². The third-order valence-electron chi connectivity index (χ3n) is 3.88. The Balaban J connectivity index is 2.05. The highest BCUT2D eigenvalue weighted by atomic mass is 16.9. The molecule has 0 spiro atoms. The molecule has 0 saturated carbocycles. The van der Waals surface area contributed by atoms with Crippen LogP contribution in [0.3, 0.4) is 0 Å². The van der Waals surface area contributed by atoms with Crippen molar-refractivity contribution in [2.45, 2.75) is 0 Å². The lowest BCUT2D eigenvalue weighted by Crippen LogP contribution is -2.24. The molecule has 0 heterocycles. The van der Waals surface area contributed by atoms with Gasteiger partial charge in [0.1, 0.15) is 0 Å². The van der Waals surface area contributed by atoms with Crippen LogP contribution in [0, 0.1) is 30.3 Å². The molecule has 11 nitrogen and oxygen atoms in total. The summed E-state index contributed by atoms with van der Waals surface area (Å²) in [7, 11) is 0. The Morgan fingerprint density at radius 3 is 1.76 bits per heavy atom. The van der Waals surface area contributed by atoms with Crippen LogP contribution >= 0.6 is 0 Å². The van der Waals surface area contributed by atoms with Gasteiger partial charge in [0.25, 0.3) is 11.4 Å². The highest BCUT2D eigenvalue weighted by molar-refractivity contribution is 5.68. The first-order valence-electron chi connectivity index (χ1n) is 8.11. The van der Waals surface area contributed by atoms with Gasteiger partial charge >= 0.3 is 5.69 Å². The summed E-state index contributed by atoms with van der Waals surface area (Å²) < 4.78 is 0. The Kier molecular flexibility index (Phi) is 5.30. The number of nitro benzene ring substituents is 3. The minimum absolute atomic E-state index is 0.109. The number of para-hydroxylation sites is 1. The largest absolute Gasteiger partial charge is 0.303 e. The summed E-state index contributed by atoms with van der Waals surface area (Å²) in [4.78, 5) is 31.2. The molecule has 0 aliphatic rings. The fourth-order valence-corrected chi connectivity index (χ4v) is 2.51. The summed E-state index contributed by atoms with van der Waals surface area (Å²) in [6.07, 6.45) is 0. The molecule has 3 rings (SSSR count). The smallest absolute Gasteiger partial charge is 0.258 e. The van der Waals surface area contributed by atoms with Crippen molar-refractivity contribution in [3.63, 3.8) is 0 Å². The van der Waals surface area contributed by atoms with Crippen LogP contribution in [0.4, 0.5) is 34.1 Å². The molecule has 3 aromatic carbocycles. The standard InChI is InChI=1S/C18H12N5O6/c24-21(25)15-8-6-14(7-9-15)20(13-4-2-1-3-5-13)19-17-11-10-16(22(26)27)12-18(17)23(28)29/h1-12H/i21+1,23+1. The van der Waals surface area contributed by atoms with Crippen molar-refractivity contribution in [1.82, 2.24) is 5.43 Å². The lowest BCUT2D eigenvalue weighted by Gasteiger charge is -2.23. The van der Waals surface area contributed by atoms with Crippen molar-refractivity contribution in [3.8, 4) is 0 Å². The molecule has 0 amide bonds. The molecule has 145 valence electrons. The fraction of sp³-hybridized carbons (Fsp3) is 0. The Morgan fingerprint density at radius 1 is 0.655 bits per heavy atom. The van der Waals surface area contributed by atoms with Gasteiger partial charge in [0.15, 0.2) is 5.69 Å². The van der Waals surface area contributed by atoms with Gasteiger partial charge in [-0.25, -0.2) is 5.01 Å². The predicted octanol–water partition coefficient (Wildman–Crippen LogP) is 4.40. The zero-order chi connectivity index (χ0) is 21.0. The molecule has 0 atom stereocenters. The van der Waals surface area contributed by atoms with Crippen molar-refractivity contribution in [3.05, 3.63) is 103 Å². The maximum atomic E-state index is 11.4. The summed E-state index contributed by atoms with van der Waals surface area (Å²) in [6, 6.07) is 17.2. The van der Waals surface area contributed by atoms with Crippen molar-refractivity contribution >= 4 is 34.1 Å². The number of hydrogen-bond donors (Lipinski definition) is 0. The van der Waals surface area contributed by atoms with Gasteiger partial charge in [-0.3, -0.25) is 30.3 Å². The summed E-state index contributed by atoms with van der Waals surface area (Å²) in [5, 5.41) is 34.6. The maximum Gasteiger partial charge on any atom is 0.303 e. The first-order valence-corrected chi connectivity index (χ1v) is 8.11. The van der Waals surface area contributed by atoms with Crippen LogP contribution in [0.1, 0.15) is 0 Å². The lowest BCUT2D eigenvalue weighted by atomic mass is 10.2. The van der Waals surface area contributed by atoms with E-state index in [0.717, 1.165) is 12.1 Å². The van der Waals surface area contributed by atoms with E-state index in [-0.39, 0.29) is 11.4 Å². The molecule has 0 N–H and O–H groups in total. The third-order valence-corrected chi connectivity index (χ3v) is 3.88. The van der Waals surface area contributed by atoms with Crippen LogP contribution in [-0.4, -0.2) is 14.8 Å². The SMILES string of the molecule is O=[N+]([O-])c1ccc([N]N(c2ccccc2)c2ccc([15N+](=O)[O-])cc2)c([15N+](=O)[O-])c1. The third kappa shape index (κ3) is 4.24. The van der Waals surface area contributed by atoms with E-state index in [1.54, 1.807) is 30.3 Å². The fourth-order valence-electron chi connectivity index (χ4n) is 2.51. The van der Waals surface area contributed by atoms with E-state index in [4.69, 9.17) is 0 Å². The van der Waals surface area contributed by atoms with Crippen molar-refractivity contribution < 1.29 is 14.8 Å². The molecule has 29 heavy (non-hydrogen) atoms. The molecule has 0 aromatic heterocycles. The van der Waals surface area contributed by atoms with Gasteiger partial charge in [-0.05, 0) is 30.3 Å². The van der Waals surface area contributed by atoms with Gasteiger partial charge in [0.2, 0.25) is 0 Å². The molecule has 0 aliphatic heterocycles. The molecular formula is C18H12N5O6. The quantitative estimate of drug-likeness (QED) is 0.326. The second-order valence-corrected chi connectivity index (χ2v) is 5.71. The van der Waals surface area contributed by atoms with E-state index < -0.39 is 26.1 Å². The van der Waals surface area contributed by atoms with E-state index in [0.29, 0.717) is 11.4 Å². The maximum absolute atomic E-state index is 11.4. The van der Waals surface area contributed by atoms with E-state index in [9.17, 15) is 30.3 Å². The molecule has 0 bridgehead atoms. The zero-order valence-corrected chi connectivity index (χ0v) is 14.6. The molecule has 0 fully saturated rings. The number of nitrogens with zero attached hydrogens (tertiary/aromatic N) is 5. The predicted molar refractivity (Wildman–Crippen MR) is 103 cm³/mol. The Bertz CT molecular complexity index is 1070. The van der Waals surface area contributed by atoms with Gasteiger partial charge in [0, 0.05) is 18.2 Å². The molecule has 0 aliphatic carbocycles. The van der Waals surface area contributed by atoms with Crippen LogP contribution in [0.5, 0.6) is 0 Å². The molecule has 3 aromatic rings. The van der Waals surface area contributed by atoms with Crippen molar-refractivity contribution in [1.29, 1.82) is 0 Å². The minimum Gasteiger partial charge on any atom is -0.258 e. The van der Waals surface area contributed by atoms with Crippen LogP contribution in [-0.2, 0) is 0 Å². The summed E-state index contributed by atoms with van der Waals surface area (Å²) >= 11 is 0. The van der Waals surface area contributed by atoms with E-state index in [2.05, 4.69) is 5.43 Å². The molecule has 0 saturated heterocycles. The van der Waals surface area contributed by atoms with E-state index >= 15 is 0 Å². The average molecular weight is 396 g/mol. The zero-order valence-electron chi connectivity index (χ0n) is 14.6. The van der Waals surface area contributed by atoms with Gasteiger partial charge < -0.3 is 0 Å². The number of nitro groups is 3. The molecular weight excluding hydrogens is 384 g/mol. The van der Waals surface area contributed by atoms with Crippen LogP contribution in [0.15, 0.2) is 72.8 Å². The topological polar surface area (TPSA) is 147 Å². The number of rotatable bonds is 7. The Hall–Kier alpha value is -4.54. The minimum atomic E-state index is -0.759. The Morgan fingerprint density at radius 2 is 1.21 bits per heavy atom. The first-order chi connectivity index (χ1) is 13.9. The van der Waals surface area contributed by atoms with Gasteiger partial charge in [0.05, 0.1) is 32.2 Å². The van der Waals surface area contributed by atoms with E-state index in [1.165, 1.54) is 35.3 Å². The normalized spacial score (nSPS) is 10.2. The molecule has 11 heteroatoms. The summed E-state index contributed by atoms with van der Waals surface area (Å²) in [5.74, 6) is 0. The Labute approximate surface area is 163 Å². The second-order valence-electron chi connectivity index (χ2n) is 5.71. The van der Waals surface area contributed by atoms with Gasteiger partial charge in [-0.2, -0.15) is 5.43 Å². The van der Waals surface area contributed by atoms with Crippen LogP contribution in [0.2, 0.25) is 0 Å². The van der Waals surface area contributed by atoms with Gasteiger partial charge in [-0.1, -0.05) is 18.2 Å². The molecule has 0 unspecified atom stereocenters. The number of non-ortho nitro benzene ring substituents is 2. The monoisotopic (exact) mass is 396 g/mol. The second kappa shape index (κ2) is 8.00. The van der Waals surface area contributed by atoms with Gasteiger partial charge in [-0.15, -0.1) is 0 Å². The summed E-state index contributed by atoms with van der Waals surface area (Å²) in [5.41, 5.74) is 4.04. The summed E-state index contributed by atoms with van der Waals surface area (Å²) in [6.45, 7) is 0. The number of benzene rings is 3. The average Bonchev–Trinajstić information content (AvgIpc) is 2.72. The molecule has 1 radical (unpaired) electrons. The van der Waals surface area contributed by atoms with Crippen LogP contribution in [0.25, 0.3) is 0 Å². The van der Waals surface area contributed by atoms with Crippen LogP contribution < -0.4 is 10.4 Å². The lowest BCUT2D eigenvalue weighted by molar-refractivity contribution is -0.393.